The largest absolute Gasteiger partial charge is 0.507 e. The number of rotatable bonds is 2. The zero-order valence-corrected chi connectivity index (χ0v) is 10.5. The van der Waals surface area contributed by atoms with Crippen molar-refractivity contribution in [3.63, 3.8) is 0 Å². The number of hydrogen-bond donors (Lipinski definition) is 2. The van der Waals surface area contributed by atoms with Gasteiger partial charge in [-0.2, -0.15) is 0 Å². The topological polar surface area (TPSA) is 49.3 Å². The highest BCUT2D eigenvalue weighted by molar-refractivity contribution is 8.01. The summed E-state index contributed by atoms with van der Waals surface area (Å²) in [7, 11) is 0. The lowest BCUT2D eigenvalue weighted by Crippen LogP contribution is -2.24. The van der Waals surface area contributed by atoms with Crippen LogP contribution in [-0.2, 0) is 11.2 Å². The normalized spacial score (nSPS) is 19.1. The van der Waals surface area contributed by atoms with Crippen LogP contribution in [0.25, 0.3) is 10.8 Å². The van der Waals surface area contributed by atoms with Crippen LogP contribution in [0.2, 0.25) is 0 Å². The summed E-state index contributed by atoms with van der Waals surface area (Å²) in [5.41, 5.74) is 0.836. The summed E-state index contributed by atoms with van der Waals surface area (Å²) in [6.07, 6.45) is 0.577. The van der Waals surface area contributed by atoms with Crippen LogP contribution in [0.4, 0.5) is 0 Å². The molecular weight excluding hydrogens is 246 g/mol. The van der Waals surface area contributed by atoms with E-state index in [4.69, 9.17) is 0 Å². The third-order valence-electron chi connectivity index (χ3n) is 3.21. The lowest BCUT2D eigenvalue weighted by atomic mass is 10.0. The van der Waals surface area contributed by atoms with Crippen LogP contribution in [0, 0.1) is 0 Å². The first-order valence-corrected chi connectivity index (χ1v) is 6.89. The molecule has 1 fully saturated rings. The molecule has 1 unspecified atom stereocenters. The molecule has 3 rings (SSSR count). The Morgan fingerprint density at radius 3 is 2.89 bits per heavy atom. The Hall–Kier alpha value is -1.68. The molecule has 1 amide bonds. The zero-order valence-electron chi connectivity index (χ0n) is 9.72. The van der Waals surface area contributed by atoms with E-state index in [-0.39, 0.29) is 11.2 Å². The Morgan fingerprint density at radius 1 is 1.28 bits per heavy atom. The lowest BCUT2D eigenvalue weighted by molar-refractivity contribution is -0.119. The number of aromatic hydroxyl groups is 1. The molecule has 92 valence electrons. The molecule has 18 heavy (non-hydrogen) atoms. The van der Waals surface area contributed by atoms with Gasteiger partial charge in [0.25, 0.3) is 0 Å². The molecular formula is C14H13NO2S. The molecule has 3 nitrogen and oxygen atoms in total. The molecule has 1 atom stereocenters. The van der Waals surface area contributed by atoms with Gasteiger partial charge in [0.15, 0.2) is 0 Å². The summed E-state index contributed by atoms with van der Waals surface area (Å²) >= 11 is 1.59. The van der Waals surface area contributed by atoms with E-state index in [1.807, 2.05) is 36.4 Å². The van der Waals surface area contributed by atoms with E-state index in [1.165, 1.54) is 0 Å². The molecule has 1 heterocycles. The Labute approximate surface area is 109 Å². The minimum Gasteiger partial charge on any atom is -0.507 e. The lowest BCUT2D eigenvalue weighted by Gasteiger charge is -2.10. The first-order valence-electron chi connectivity index (χ1n) is 5.84. The number of carbonyl (C=O) groups is 1. The second-order valence-corrected chi connectivity index (χ2v) is 5.53. The number of hydrogen-bond acceptors (Lipinski definition) is 3. The Balaban J connectivity index is 1.97. The van der Waals surface area contributed by atoms with E-state index >= 15 is 0 Å². The number of fused-ring (bicyclic) bond motifs is 1. The fourth-order valence-electron chi connectivity index (χ4n) is 2.22. The summed E-state index contributed by atoms with van der Waals surface area (Å²) in [6.45, 7) is 0. The Kier molecular flexibility index (Phi) is 2.88. The minimum atomic E-state index is -0.0861. The van der Waals surface area contributed by atoms with Crippen molar-refractivity contribution >= 4 is 28.4 Å². The molecule has 1 saturated heterocycles. The smallest absolute Gasteiger partial charge is 0.234 e. The highest BCUT2D eigenvalue weighted by Crippen LogP contribution is 2.31. The number of phenols is 1. The average molecular weight is 259 g/mol. The molecule has 0 aromatic heterocycles. The van der Waals surface area contributed by atoms with Crippen molar-refractivity contribution in [2.24, 2.45) is 0 Å². The van der Waals surface area contributed by atoms with Gasteiger partial charge >= 0.3 is 0 Å². The van der Waals surface area contributed by atoms with Gasteiger partial charge in [0, 0.05) is 5.39 Å². The Morgan fingerprint density at radius 2 is 2.11 bits per heavy atom. The van der Waals surface area contributed by atoms with Crippen LogP contribution in [-0.4, -0.2) is 22.1 Å². The van der Waals surface area contributed by atoms with Crippen LogP contribution < -0.4 is 5.32 Å². The summed E-state index contributed by atoms with van der Waals surface area (Å²) in [6, 6.07) is 11.6. The third kappa shape index (κ3) is 1.93. The summed E-state index contributed by atoms with van der Waals surface area (Å²) < 4.78 is 0. The monoisotopic (exact) mass is 259 g/mol. The van der Waals surface area contributed by atoms with E-state index in [2.05, 4.69) is 5.32 Å². The van der Waals surface area contributed by atoms with Gasteiger partial charge in [-0.05, 0) is 17.4 Å². The fraction of sp³-hybridized carbons (Fsp3) is 0.214. The average Bonchev–Trinajstić information content (AvgIpc) is 2.79. The first-order chi connectivity index (χ1) is 8.75. The van der Waals surface area contributed by atoms with Crippen molar-refractivity contribution in [1.29, 1.82) is 0 Å². The number of carbonyl (C=O) groups excluding carboxylic acids is 1. The maximum Gasteiger partial charge on any atom is 0.234 e. The van der Waals surface area contributed by atoms with Gasteiger partial charge in [-0.3, -0.25) is 4.79 Å². The maximum absolute atomic E-state index is 11.5. The molecule has 4 heteroatoms. The van der Waals surface area contributed by atoms with Gasteiger partial charge in [0.05, 0.1) is 11.1 Å². The Bertz CT molecular complexity index is 612. The van der Waals surface area contributed by atoms with Gasteiger partial charge < -0.3 is 10.4 Å². The molecule has 2 N–H and O–H groups in total. The molecule has 1 aliphatic heterocycles. The van der Waals surface area contributed by atoms with Gasteiger partial charge in [0.2, 0.25) is 5.91 Å². The van der Waals surface area contributed by atoms with Crippen molar-refractivity contribution in [2.75, 3.05) is 5.88 Å². The fourth-order valence-corrected chi connectivity index (χ4v) is 3.18. The minimum absolute atomic E-state index is 0.0626. The molecule has 0 bridgehead atoms. The summed E-state index contributed by atoms with van der Waals surface area (Å²) in [5.74, 6) is 1.03. The number of nitrogens with one attached hydrogen (secondary N) is 1. The van der Waals surface area contributed by atoms with Crippen LogP contribution in [0.5, 0.6) is 5.75 Å². The number of amides is 1. The summed E-state index contributed by atoms with van der Waals surface area (Å²) in [4.78, 5) is 11.5. The molecule has 1 aliphatic rings. The third-order valence-corrected chi connectivity index (χ3v) is 4.31. The molecule has 0 radical (unpaired) electrons. The van der Waals surface area contributed by atoms with E-state index in [9.17, 15) is 9.90 Å². The highest BCUT2D eigenvalue weighted by Gasteiger charge is 2.26. The molecule has 2 aromatic carbocycles. The van der Waals surface area contributed by atoms with Crippen molar-refractivity contribution in [2.45, 2.75) is 11.7 Å². The number of phenolic OH excluding ortho intramolecular Hbond substituents is 1. The summed E-state index contributed by atoms with van der Waals surface area (Å²) in [5, 5.41) is 14.8. The van der Waals surface area contributed by atoms with E-state index in [1.54, 1.807) is 11.8 Å². The second-order valence-electron chi connectivity index (χ2n) is 4.34. The van der Waals surface area contributed by atoms with Crippen molar-refractivity contribution in [3.05, 3.63) is 42.0 Å². The molecule has 0 spiro atoms. The SMILES string of the molecule is O=C1NCSC1Cc1ccc2ccccc2c1O. The van der Waals surface area contributed by atoms with Gasteiger partial charge in [-0.25, -0.2) is 0 Å². The van der Waals surface area contributed by atoms with Gasteiger partial charge in [-0.15, -0.1) is 11.8 Å². The van der Waals surface area contributed by atoms with Crippen molar-refractivity contribution < 1.29 is 9.90 Å². The number of benzene rings is 2. The highest BCUT2D eigenvalue weighted by atomic mass is 32.2. The van der Waals surface area contributed by atoms with E-state index in [0.29, 0.717) is 18.0 Å². The first kappa shape index (κ1) is 11.4. The van der Waals surface area contributed by atoms with Gasteiger partial charge in [0.1, 0.15) is 5.75 Å². The van der Waals surface area contributed by atoms with Crippen molar-refractivity contribution in [1.82, 2.24) is 5.32 Å². The van der Waals surface area contributed by atoms with E-state index in [0.717, 1.165) is 16.3 Å². The van der Waals surface area contributed by atoms with Crippen LogP contribution in [0.1, 0.15) is 5.56 Å². The molecule has 0 saturated carbocycles. The van der Waals surface area contributed by atoms with E-state index < -0.39 is 0 Å². The standard InChI is InChI=1S/C14H13NO2S/c16-13-10(7-12-14(17)15-8-18-12)6-5-9-3-1-2-4-11(9)13/h1-6,12,16H,7-8H2,(H,15,17). The number of thioether (sulfide) groups is 1. The quantitative estimate of drug-likeness (QED) is 0.870. The van der Waals surface area contributed by atoms with Crippen molar-refractivity contribution in [3.8, 4) is 5.75 Å². The predicted molar refractivity (Wildman–Crippen MR) is 73.7 cm³/mol. The zero-order chi connectivity index (χ0) is 12.5. The predicted octanol–water partition coefficient (Wildman–Crippen LogP) is 2.28. The van der Waals surface area contributed by atoms with Crippen LogP contribution in [0.3, 0.4) is 0 Å². The second kappa shape index (κ2) is 4.53. The molecule has 2 aromatic rings. The maximum atomic E-state index is 11.5. The molecule has 0 aliphatic carbocycles. The van der Waals surface area contributed by atoms with Gasteiger partial charge in [-0.1, -0.05) is 36.4 Å². The van der Waals surface area contributed by atoms with Crippen LogP contribution >= 0.6 is 11.8 Å². The van der Waals surface area contributed by atoms with Crippen LogP contribution in [0.15, 0.2) is 36.4 Å².